The average Bonchev–Trinajstić information content (AvgIpc) is 2.50. The molecular formula is C14H26N2O2. The standard InChI is InChI=1S/C14H26N2O2/c1-14(2,3)18-13(17)16-9-6-11-4-7-15-8-5-12(11)10-16/h11-12,15H,4-10H2,1-3H3. The Morgan fingerprint density at radius 3 is 2.50 bits per heavy atom. The fourth-order valence-electron chi connectivity index (χ4n) is 2.98. The van der Waals surface area contributed by atoms with Crippen LogP contribution in [0.4, 0.5) is 4.79 Å². The van der Waals surface area contributed by atoms with Crippen molar-refractivity contribution in [2.24, 2.45) is 11.8 Å². The first-order valence-electron chi connectivity index (χ1n) is 7.14. The minimum absolute atomic E-state index is 0.141. The summed E-state index contributed by atoms with van der Waals surface area (Å²) in [5, 5.41) is 3.45. The van der Waals surface area contributed by atoms with Gasteiger partial charge >= 0.3 is 6.09 Å². The zero-order valence-corrected chi connectivity index (χ0v) is 11.9. The van der Waals surface area contributed by atoms with Crippen LogP contribution in [0, 0.1) is 11.8 Å². The van der Waals surface area contributed by atoms with Gasteiger partial charge in [0.25, 0.3) is 0 Å². The molecule has 4 nitrogen and oxygen atoms in total. The maximum absolute atomic E-state index is 12.1. The van der Waals surface area contributed by atoms with Crippen molar-refractivity contribution in [3.63, 3.8) is 0 Å². The number of carbonyl (C=O) groups excluding carboxylic acids is 1. The molecule has 0 aromatic rings. The van der Waals surface area contributed by atoms with Crippen molar-refractivity contribution < 1.29 is 9.53 Å². The van der Waals surface area contributed by atoms with E-state index in [1.54, 1.807) is 0 Å². The Hall–Kier alpha value is -0.770. The van der Waals surface area contributed by atoms with E-state index < -0.39 is 0 Å². The molecule has 1 N–H and O–H groups in total. The van der Waals surface area contributed by atoms with Gasteiger partial charge in [-0.15, -0.1) is 0 Å². The Bertz CT molecular complexity index is 299. The number of likely N-dealkylation sites (tertiary alicyclic amines) is 1. The van der Waals surface area contributed by atoms with Crippen molar-refractivity contribution in [1.29, 1.82) is 0 Å². The van der Waals surface area contributed by atoms with Crippen LogP contribution >= 0.6 is 0 Å². The summed E-state index contributed by atoms with van der Waals surface area (Å²) >= 11 is 0. The first kappa shape index (κ1) is 13.7. The lowest BCUT2D eigenvalue weighted by atomic mass is 9.82. The molecule has 4 heteroatoms. The number of carbonyl (C=O) groups is 1. The van der Waals surface area contributed by atoms with Crippen molar-refractivity contribution in [1.82, 2.24) is 10.2 Å². The van der Waals surface area contributed by atoms with Crippen molar-refractivity contribution in [2.75, 3.05) is 26.2 Å². The first-order chi connectivity index (χ1) is 8.46. The number of rotatable bonds is 0. The zero-order chi connectivity index (χ0) is 13.2. The Labute approximate surface area is 110 Å². The van der Waals surface area contributed by atoms with E-state index in [9.17, 15) is 4.79 Å². The van der Waals surface area contributed by atoms with Crippen molar-refractivity contribution in [3.8, 4) is 0 Å². The Kier molecular flexibility index (Phi) is 4.15. The molecule has 2 aliphatic heterocycles. The summed E-state index contributed by atoms with van der Waals surface area (Å²) in [6, 6.07) is 0. The number of fused-ring (bicyclic) bond motifs is 1. The number of nitrogens with zero attached hydrogens (tertiary/aromatic N) is 1. The molecule has 0 aromatic carbocycles. The monoisotopic (exact) mass is 254 g/mol. The van der Waals surface area contributed by atoms with E-state index in [2.05, 4.69) is 5.32 Å². The fourth-order valence-corrected chi connectivity index (χ4v) is 2.98. The predicted octanol–water partition coefficient (Wildman–Crippen LogP) is 2.24. The number of nitrogens with one attached hydrogen (secondary N) is 1. The van der Waals surface area contributed by atoms with Gasteiger partial charge in [0.05, 0.1) is 0 Å². The molecule has 1 amide bonds. The number of amides is 1. The van der Waals surface area contributed by atoms with Crippen LogP contribution in [0.15, 0.2) is 0 Å². The van der Waals surface area contributed by atoms with E-state index in [0.717, 1.165) is 38.5 Å². The molecule has 0 aromatic heterocycles. The first-order valence-corrected chi connectivity index (χ1v) is 7.14. The van der Waals surface area contributed by atoms with Gasteiger partial charge < -0.3 is 15.0 Å². The summed E-state index contributed by atoms with van der Waals surface area (Å²) in [6.45, 7) is 9.72. The van der Waals surface area contributed by atoms with Crippen LogP contribution < -0.4 is 5.32 Å². The molecule has 0 bridgehead atoms. The zero-order valence-electron chi connectivity index (χ0n) is 11.9. The summed E-state index contributed by atoms with van der Waals surface area (Å²) < 4.78 is 5.46. The van der Waals surface area contributed by atoms with E-state index in [1.807, 2.05) is 25.7 Å². The van der Waals surface area contributed by atoms with Crippen molar-refractivity contribution in [2.45, 2.75) is 45.6 Å². The maximum Gasteiger partial charge on any atom is 0.410 e. The minimum atomic E-state index is -0.390. The largest absolute Gasteiger partial charge is 0.444 e. The highest BCUT2D eigenvalue weighted by Crippen LogP contribution is 2.30. The van der Waals surface area contributed by atoms with Gasteiger partial charge in [-0.05, 0) is 65.0 Å². The number of piperidine rings is 1. The van der Waals surface area contributed by atoms with Crippen molar-refractivity contribution in [3.05, 3.63) is 0 Å². The average molecular weight is 254 g/mol. The van der Waals surface area contributed by atoms with E-state index >= 15 is 0 Å². The highest BCUT2D eigenvalue weighted by molar-refractivity contribution is 5.68. The number of hydrogen-bond acceptors (Lipinski definition) is 3. The van der Waals surface area contributed by atoms with Crippen LogP contribution in [-0.4, -0.2) is 42.8 Å². The Morgan fingerprint density at radius 1 is 1.17 bits per heavy atom. The molecule has 0 radical (unpaired) electrons. The highest BCUT2D eigenvalue weighted by atomic mass is 16.6. The molecule has 104 valence electrons. The molecule has 2 unspecified atom stereocenters. The van der Waals surface area contributed by atoms with Gasteiger partial charge in [0.15, 0.2) is 0 Å². The summed E-state index contributed by atoms with van der Waals surface area (Å²) in [7, 11) is 0. The fraction of sp³-hybridized carbons (Fsp3) is 0.929. The molecular weight excluding hydrogens is 228 g/mol. The van der Waals surface area contributed by atoms with E-state index in [1.165, 1.54) is 12.8 Å². The van der Waals surface area contributed by atoms with Crippen molar-refractivity contribution >= 4 is 6.09 Å². The maximum atomic E-state index is 12.1. The molecule has 2 atom stereocenters. The lowest BCUT2D eigenvalue weighted by Gasteiger charge is -2.38. The summed E-state index contributed by atoms with van der Waals surface area (Å²) in [5.74, 6) is 1.44. The van der Waals surface area contributed by atoms with Gasteiger partial charge in [-0.2, -0.15) is 0 Å². The summed E-state index contributed by atoms with van der Waals surface area (Å²) in [4.78, 5) is 14.0. The smallest absolute Gasteiger partial charge is 0.410 e. The van der Waals surface area contributed by atoms with Crippen LogP contribution in [0.3, 0.4) is 0 Å². The minimum Gasteiger partial charge on any atom is -0.444 e. The van der Waals surface area contributed by atoms with Gasteiger partial charge in [-0.3, -0.25) is 0 Å². The number of ether oxygens (including phenoxy) is 1. The molecule has 2 fully saturated rings. The Morgan fingerprint density at radius 2 is 1.83 bits per heavy atom. The van der Waals surface area contributed by atoms with E-state index in [-0.39, 0.29) is 11.7 Å². The van der Waals surface area contributed by atoms with Gasteiger partial charge in [0.1, 0.15) is 5.60 Å². The molecule has 2 heterocycles. The normalized spacial score (nSPS) is 29.4. The second-order valence-corrected chi connectivity index (χ2v) is 6.56. The lowest BCUT2D eigenvalue weighted by Crippen LogP contribution is -2.45. The van der Waals surface area contributed by atoms with Crippen LogP contribution in [0.2, 0.25) is 0 Å². The van der Waals surface area contributed by atoms with Gasteiger partial charge in [0.2, 0.25) is 0 Å². The Balaban J connectivity index is 1.91. The third kappa shape index (κ3) is 3.61. The van der Waals surface area contributed by atoms with Crippen LogP contribution in [0.1, 0.15) is 40.0 Å². The molecule has 2 rings (SSSR count). The lowest BCUT2D eigenvalue weighted by molar-refractivity contribution is 0.00994. The van der Waals surface area contributed by atoms with Crippen LogP contribution in [0.25, 0.3) is 0 Å². The predicted molar refractivity (Wildman–Crippen MR) is 71.5 cm³/mol. The summed E-state index contributed by atoms with van der Waals surface area (Å²) in [6.07, 6.45) is 3.43. The van der Waals surface area contributed by atoms with E-state index in [0.29, 0.717) is 5.92 Å². The van der Waals surface area contributed by atoms with Gasteiger partial charge in [-0.25, -0.2) is 4.79 Å². The molecule has 0 saturated carbocycles. The number of hydrogen-bond donors (Lipinski definition) is 1. The molecule has 18 heavy (non-hydrogen) atoms. The topological polar surface area (TPSA) is 41.6 Å². The second-order valence-electron chi connectivity index (χ2n) is 6.56. The second kappa shape index (κ2) is 5.47. The summed E-state index contributed by atoms with van der Waals surface area (Å²) in [5.41, 5.74) is -0.390. The van der Waals surface area contributed by atoms with E-state index in [4.69, 9.17) is 4.74 Å². The molecule has 0 aliphatic carbocycles. The quantitative estimate of drug-likeness (QED) is 0.721. The molecule has 0 spiro atoms. The SMILES string of the molecule is CC(C)(C)OC(=O)N1CCC2CCNCCC2C1. The van der Waals surface area contributed by atoms with Crippen LogP contribution in [0.5, 0.6) is 0 Å². The molecule has 2 aliphatic rings. The van der Waals surface area contributed by atoms with Gasteiger partial charge in [-0.1, -0.05) is 0 Å². The van der Waals surface area contributed by atoms with Crippen LogP contribution in [-0.2, 0) is 4.74 Å². The molecule has 2 saturated heterocycles. The third-order valence-corrected chi connectivity index (χ3v) is 3.93. The third-order valence-electron chi connectivity index (χ3n) is 3.93. The highest BCUT2D eigenvalue weighted by Gasteiger charge is 2.33. The van der Waals surface area contributed by atoms with Gasteiger partial charge in [0, 0.05) is 13.1 Å².